The number of hydrogen-bond acceptors (Lipinski definition) is 4. The van der Waals surface area contributed by atoms with Gasteiger partial charge in [-0.3, -0.25) is 4.57 Å². The Kier molecular flexibility index (Phi) is 7.30. The Hall–Kier alpha value is -2.78. The monoisotopic (exact) mass is 486 g/mol. The van der Waals surface area contributed by atoms with Gasteiger partial charge in [-0.05, 0) is 42.3 Å². The molecular weight excluding hydrogens is 468 g/mol. The summed E-state index contributed by atoms with van der Waals surface area (Å²) < 4.78 is 41.4. The van der Waals surface area contributed by atoms with Gasteiger partial charge in [0.1, 0.15) is 0 Å². The fourth-order valence-corrected chi connectivity index (χ4v) is 3.32. The van der Waals surface area contributed by atoms with Gasteiger partial charge in [0, 0.05) is 12.2 Å². The summed E-state index contributed by atoms with van der Waals surface area (Å²) in [6.07, 6.45) is -3.21. The Morgan fingerprint density at radius 1 is 1.03 bits per heavy atom. The molecule has 170 valence electrons. The summed E-state index contributed by atoms with van der Waals surface area (Å²) in [5.41, 5.74) is -1.68. The van der Waals surface area contributed by atoms with Gasteiger partial charge in [-0.1, -0.05) is 48.7 Å². The maximum atomic E-state index is 13.1. The van der Waals surface area contributed by atoms with Gasteiger partial charge in [-0.15, -0.1) is 0 Å². The number of nitrogens with one attached hydrogen (secondary N) is 1. The summed E-state index contributed by atoms with van der Waals surface area (Å²) in [5, 5.41) is 3.28. The zero-order chi connectivity index (χ0) is 23.5. The molecule has 11 heteroatoms. The summed E-state index contributed by atoms with van der Waals surface area (Å²) in [7, 11) is 0. The van der Waals surface area contributed by atoms with E-state index in [-0.39, 0.29) is 29.7 Å². The Bertz CT molecular complexity index is 1240. The highest BCUT2D eigenvalue weighted by Crippen LogP contribution is 2.31. The molecular formula is C21H19Cl2F3N4O2. The van der Waals surface area contributed by atoms with Crippen LogP contribution in [0.4, 0.5) is 24.8 Å². The minimum Gasteiger partial charge on any atom is -0.325 e. The average molecular weight is 487 g/mol. The maximum absolute atomic E-state index is 13.1. The van der Waals surface area contributed by atoms with Crippen LogP contribution in [0.25, 0.3) is 0 Å². The van der Waals surface area contributed by atoms with Crippen LogP contribution in [-0.4, -0.2) is 14.1 Å². The SMILES string of the molecule is CCCCn1c(=O)nc(Nc2cccc(C(F)(F)F)c2)n(Cc2ccc(Cl)c(Cl)c2)c1=O. The van der Waals surface area contributed by atoms with E-state index in [9.17, 15) is 22.8 Å². The van der Waals surface area contributed by atoms with Crippen molar-refractivity contribution in [1.82, 2.24) is 14.1 Å². The second-order valence-electron chi connectivity index (χ2n) is 7.04. The standard InChI is InChI=1S/C21H19Cl2F3N4O2/c1-2-3-9-29-19(31)28-18(27-15-6-4-5-14(11-15)21(24,25)26)30(20(29)32)12-13-7-8-16(22)17(23)10-13/h4-8,10-11H,2-3,9,12H2,1H3,(H,27,28,31). The van der Waals surface area contributed by atoms with Crippen LogP contribution in [0.5, 0.6) is 0 Å². The van der Waals surface area contributed by atoms with Crippen LogP contribution in [-0.2, 0) is 19.3 Å². The molecule has 1 heterocycles. The van der Waals surface area contributed by atoms with Crippen molar-refractivity contribution in [2.75, 3.05) is 5.32 Å². The first-order valence-electron chi connectivity index (χ1n) is 9.70. The number of rotatable bonds is 7. The van der Waals surface area contributed by atoms with E-state index >= 15 is 0 Å². The molecule has 0 amide bonds. The Labute approximate surface area is 191 Å². The summed E-state index contributed by atoms with van der Waals surface area (Å²) >= 11 is 12.0. The van der Waals surface area contributed by atoms with Crippen molar-refractivity contribution in [2.24, 2.45) is 0 Å². The molecule has 0 bridgehead atoms. The minimum absolute atomic E-state index is 0.0281. The lowest BCUT2D eigenvalue weighted by Crippen LogP contribution is -2.42. The van der Waals surface area contributed by atoms with Crippen molar-refractivity contribution in [3.8, 4) is 0 Å². The molecule has 3 rings (SSSR count). The molecule has 0 aliphatic heterocycles. The summed E-state index contributed by atoms with van der Waals surface area (Å²) in [6.45, 7) is 2.05. The second kappa shape index (κ2) is 9.79. The van der Waals surface area contributed by atoms with Gasteiger partial charge in [0.05, 0.1) is 22.2 Å². The molecule has 0 spiro atoms. The zero-order valence-corrected chi connectivity index (χ0v) is 18.4. The van der Waals surface area contributed by atoms with E-state index in [0.717, 1.165) is 23.1 Å². The largest absolute Gasteiger partial charge is 0.416 e. The van der Waals surface area contributed by atoms with Crippen LogP contribution in [0.1, 0.15) is 30.9 Å². The Morgan fingerprint density at radius 2 is 1.78 bits per heavy atom. The summed E-state index contributed by atoms with van der Waals surface area (Å²) in [6, 6.07) is 9.16. The minimum atomic E-state index is -4.55. The van der Waals surface area contributed by atoms with E-state index in [4.69, 9.17) is 23.2 Å². The molecule has 0 radical (unpaired) electrons. The number of hydrogen-bond donors (Lipinski definition) is 1. The Morgan fingerprint density at radius 3 is 2.44 bits per heavy atom. The Balaban J connectivity index is 2.09. The first kappa shape index (κ1) is 23.9. The fraction of sp³-hybridized carbons (Fsp3) is 0.286. The lowest BCUT2D eigenvalue weighted by atomic mass is 10.2. The van der Waals surface area contributed by atoms with Crippen LogP contribution < -0.4 is 16.7 Å². The van der Waals surface area contributed by atoms with Crippen molar-refractivity contribution >= 4 is 34.8 Å². The molecule has 1 aromatic heterocycles. The topological polar surface area (TPSA) is 68.9 Å². The van der Waals surface area contributed by atoms with E-state index in [1.807, 2.05) is 6.92 Å². The molecule has 0 aliphatic carbocycles. The quantitative estimate of drug-likeness (QED) is 0.490. The van der Waals surface area contributed by atoms with Gasteiger partial charge >= 0.3 is 17.6 Å². The van der Waals surface area contributed by atoms with Crippen LogP contribution in [0.15, 0.2) is 52.1 Å². The number of halogens is 5. The smallest absolute Gasteiger partial charge is 0.325 e. The second-order valence-corrected chi connectivity index (χ2v) is 7.86. The molecule has 0 aliphatic rings. The van der Waals surface area contributed by atoms with Gasteiger partial charge in [0.15, 0.2) is 0 Å². The first-order valence-corrected chi connectivity index (χ1v) is 10.5. The number of alkyl halides is 3. The number of nitrogens with zero attached hydrogens (tertiary/aromatic N) is 3. The van der Waals surface area contributed by atoms with E-state index in [1.54, 1.807) is 18.2 Å². The normalized spacial score (nSPS) is 11.6. The van der Waals surface area contributed by atoms with E-state index < -0.39 is 23.1 Å². The molecule has 0 atom stereocenters. The highest BCUT2D eigenvalue weighted by molar-refractivity contribution is 6.42. The molecule has 0 saturated heterocycles. The third-order valence-corrected chi connectivity index (χ3v) is 5.39. The van der Waals surface area contributed by atoms with Crippen molar-refractivity contribution < 1.29 is 13.2 Å². The van der Waals surface area contributed by atoms with Gasteiger partial charge in [0.25, 0.3) is 0 Å². The first-order chi connectivity index (χ1) is 15.1. The van der Waals surface area contributed by atoms with Crippen molar-refractivity contribution in [2.45, 2.75) is 39.0 Å². The number of anilines is 2. The van der Waals surface area contributed by atoms with E-state index in [2.05, 4.69) is 10.3 Å². The fourth-order valence-electron chi connectivity index (χ4n) is 3.00. The molecule has 32 heavy (non-hydrogen) atoms. The number of benzene rings is 2. The van der Waals surface area contributed by atoms with Gasteiger partial charge in [-0.2, -0.15) is 18.2 Å². The van der Waals surface area contributed by atoms with Crippen LogP contribution in [0.3, 0.4) is 0 Å². The molecule has 0 unspecified atom stereocenters. The van der Waals surface area contributed by atoms with Crippen LogP contribution in [0.2, 0.25) is 10.0 Å². The van der Waals surface area contributed by atoms with Crippen molar-refractivity contribution in [1.29, 1.82) is 0 Å². The lowest BCUT2D eigenvalue weighted by Gasteiger charge is -2.16. The molecule has 6 nitrogen and oxygen atoms in total. The average Bonchev–Trinajstić information content (AvgIpc) is 2.73. The van der Waals surface area contributed by atoms with Crippen LogP contribution >= 0.6 is 23.2 Å². The highest BCUT2D eigenvalue weighted by atomic mass is 35.5. The molecule has 3 aromatic rings. The highest BCUT2D eigenvalue weighted by Gasteiger charge is 2.30. The molecule has 1 N–H and O–H groups in total. The zero-order valence-electron chi connectivity index (χ0n) is 16.9. The van der Waals surface area contributed by atoms with Gasteiger partial charge < -0.3 is 5.32 Å². The van der Waals surface area contributed by atoms with Crippen LogP contribution in [0, 0.1) is 0 Å². The van der Waals surface area contributed by atoms with E-state index in [0.29, 0.717) is 17.0 Å². The van der Waals surface area contributed by atoms with Gasteiger partial charge in [-0.25, -0.2) is 14.2 Å². The third-order valence-electron chi connectivity index (χ3n) is 4.66. The van der Waals surface area contributed by atoms with Crippen molar-refractivity contribution in [3.05, 3.63) is 84.6 Å². The molecule has 0 saturated carbocycles. The molecule has 0 fully saturated rings. The summed E-state index contributed by atoms with van der Waals surface area (Å²) in [5.74, 6) is -0.182. The number of unbranched alkanes of at least 4 members (excludes halogenated alkanes) is 1. The predicted octanol–water partition coefficient (Wildman–Crippen LogP) is 5.32. The lowest BCUT2D eigenvalue weighted by molar-refractivity contribution is -0.137. The maximum Gasteiger partial charge on any atom is 0.416 e. The summed E-state index contributed by atoms with van der Waals surface area (Å²) in [4.78, 5) is 29.5. The third kappa shape index (κ3) is 5.52. The van der Waals surface area contributed by atoms with Gasteiger partial charge in [0.2, 0.25) is 5.95 Å². The van der Waals surface area contributed by atoms with Crippen molar-refractivity contribution in [3.63, 3.8) is 0 Å². The predicted molar refractivity (Wildman–Crippen MR) is 118 cm³/mol. The molecule has 2 aromatic carbocycles. The van der Waals surface area contributed by atoms with E-state index in [1.165, 1.54) is 16.7 Å². The number of aromatic nitrogens is 3.